The monoisotopic (exact) mass is 606 g/mol. The quantitative estimate of drug-likeness (QED) is 0.144. The van der Waals surface area contributed by atoms with Crippen molar-refractivity contribution in [3.05, 3.63) is 158 Å². The van der Waals surface area contributed by atoms with Crippen LogP contribution in [0.3, 0.4) is 0 Å². The third kappa shape index (κ3) is 3.52. The minimum Gasteiger partial charge on any atom is -0.256 e. The van der Waals surface area contributed by atoms with Gasteiger partial charge in [-0.3, -0.25) is 9.97 Å². The van der Waals surface area contributed by atoms with E-state index in [9.17, 15) is 0 Å². The second kappa shape index (κ2) is 9.57. The molecule has 8 aromatic carbocycles. The number of aromatic nitrogens is 2. The van der Waals surface area contributed by atoms with Crippen LogP contribution >= 0.6 is 0 Å². The van der Waals surface area contributed by atoms with Gasteiger partial charge in [-0.15, -0.1) is 0 Å². The number of pyridine rings is 2. The fraction of sp³-hybridized carbons (Fsp3) is 0. The third-order valence-corrected chi connectivity index (χ3v) is 10.4. The SMILES string of the molecule is c1ccc2cc(-c3c4ccccc4c(-c4cc5ccccc5cn4)c4cc5c(cc34)-c3cccc4c3c-5cc3ccccc34)ncc2c1. The Morgan fingerprint density at radius 1 is 0.292 bits per heavy atom. The largest absolute Gasteiger partial charge is 0.256 e. The minimum atomic E-state index is 0.979. The zero-order valence-corrected chi connectivity index (χ0v) is 25.9. The smallest absolute Gasteiger partial charge is 0.0720 e. The van der Waals surface area contributed by atoms with E-state index in [0.717, 1.165) is 33.3 Å². The number of nitrogens with zero attached hydrogens (tertiary/aromatic N) is 2. The normalized spacial score (nSPS) is 12.2. The number of benzene rings is 8. The maximum absolute atomic E-state index is 5.12. The molecule has 0 amide bonds. The van der Waals surface area contributed by atoms with Crippen molar-refractivity contribution in [2.24, 2.45) is 0 Å². The van der Waals surface area contributed by atoms with Crippen molar-refractivity contribution in [1.82, 2.24) is 9.97 Å². The Bertz CT molecular complexity index is 3010. The van der Waals surface area contributed by atoms with Crippen LogP contribution in [0.2, 0.25) is 0 Å². The summed E-state index contributed by atoms with van der Waals surface area (Å²) in [6.45, 7) is 0. The molecule has 2 nitrogen and oxygen atoms in total. The van der Waals surface area contributed by atoms with Crippen molar-refractivity contribution >= 4 is 64.6 Å². The predicted octanol–water partition coefficient (Wildman–Crippen LogP) is 12.4. The fourth-order valence-corrected chi connectivity index (χ4v) is 8.26. The summed E-state index contributed by atoms with van der Waals surface area (Å²) in [4.78, 5) is 10.2. The molecule has 2 aromatic heterocycles. The molecule has 0 atom stereocenters. The van der Waals surface area contributed by atoms with Gasteiger partial charge in [-0.1, -0.05) is 115 Å². The predicted molar refractivity (Wildman–Crippen MR) is 202 cm³/mol. The molecule has 48 heavy (non-hydrogen) atoms. The van der Waals surface area contributed by atoms with Gasteiger partial charge in [0, 0.05) is 34.3 Å². The molecule has 0 radical (unpaired) electrons. The first-order valence-electron chi connectivity index (χ1n) is 16.5. The Labute approximate surface area is 276 Å². The molecule has 11 rings (SSSR count). The van der Waals surface area contributed by atoms with Crippen molar-refractivity contribution < 1.29 is 0 Å². The lowest BCUT2D eigenvalue weighted by molar-refractivity contribution is 1.36. The molecule has 0 N–H and O–H groups in total. The van der Waals surface area contributed by atoms with Crippen LogP contribution in [0.1, 0.15) is 0 Å². The highest BCUT2D eigenvalue weighted by atomic mass is 14.7. The maximum atomic E-state index is 5.12. The van der Waals surface area contributed by atoms with E-state index in [1.807, 2.05) is 12.4 Å². The number of hydrogen-bond donors (Lipinski definition) is 0. The Morgan fingerprint density at radius 3 is 1.38 bits per heavy atom. The van der Waals surface area contributed by atoms with Gasteiger partial charge >= 0.3 is 0 Å². The minimum absolute atomic E-state index is 0.979. The summed E-state index contributed by atoms with van der Waals surface area (Å²) in [5.41, 5.74) is 9.41. The summed E-state index contributed by atoms with van der Waals surface area (Å²) in [6, 6.07) is 53.1. The summed E-state index contributed by atoms with van der Waals surface area (Å²) in [5.74, 6) is 0. The lowest BCUT2D eigenvalue weighted by Crippen LogP contribution is -1.95. The van der Waals surface area contributed by atoms with Crippen molar-refractivity contribution in [3.8, 4) is 44.8 Å². The standard InChI is InChI=1S/C46H26N2/c1-3-13-30-25-47-42(21-27(30)10-1)45-34-16-7-8-17-35(34)46(43-22-28-11-2-4-14-31(28)26-48-43)41-24-38-37(23-40(41)45)36-19-9-18-33-32-15-6-5-12-29(32)20-39(38)44(33)36/h1-26H. The average molecular weight is 607 g/mol. The first-order chi connectivity index (χ1) is 23.8. The van der Waals surface area contributed by atoms with Crippen LogP contribution < -0.4 is 0 Å². The highest BCUT2D eigenvalue weighted by molar-refractivity contribution is 6.28. The first kappa shape index (κ1) is 25.8. The van der Waals surface area contributed by atoms with Crippen molar-refractivity contribution in [3.63, 3.8) is 0 Å². The Morgan fingerprint density at radius 2 is 0.771 bits per heavy atom. The lowest BCUT2D eigenvalue weighted by atomic mass is 9.85. The highest BCUT2D eigenvalue weighted by Gasteiger charge is 2.26. The van der Waals surface area contributed by atoms with Crippen molar-refractivity contribution in [2.75, 3.05) is 0 Å². The second-order valence-corrected chi connectivity index (χ2v) is 12.9. The zero-order chi connectivity index (χ0) is 31.3. The summed E-state index contributed by atoms with van der Waals surface area (Å²) < 4.78 is 0. The van der Waals surface area contributed by atoms with E-state index in [0.29, 0.717) is 0 Å². The topological polar surface area (TPSA) is 25.8 Å². The third-order valence-electron chi connectivity index (χ3n) is 10.4. The molecule has 2 heterocycles. The van der Waals surface area contributed by atoms with Gasteiger partial charge in [-0.2, -0.15) is 0 Å². The summed E-state index contributed by atoms with van der Waals surface area (Å²) in [5, 5.41) is 14.6. The van der Waals surface area contributed by atoms with E-state index in [-0.39, 0.29) is 0 Å². The number of hydrogen-bond acceptors (Lipinski definition) is 2. The zero-order valence-electron chi connectivity index (χ0n) is 25.9. The van der Waals surface area contributed by atoms with Crippen LogP contribution in [-0.2, 0) is 0 Å². The highest BCUT2D eigenvalue weighted by Crippen LogP contribution is 2.53. The average Bonchev–Trinajstić information content (AvgIpc) is 3.45. The van der Waals surface area contributed by atoms with Crippen molar-refractivity contribution in [2.45, 2.75) is 0 Å². The summed E-state index contributed by atoms with van der Waals surface area (Å²) in [7, 11) is 0. The van der Waals surface area contributed by atoms with Gasteiger partial charge in [0.05, 0.1) is 11.4 Å². The van der Waals surface area contributed by atoms with E-state index in [4.69, 9.17) is 9.97 Å². The molecule has 2 heteroatoms. The first-order valence-corrected chi connectivity index (χ1v) is 16.5. The molecule has 1 aliphatic carbocycles. The maximum Gasteiger partial charge on any atom is 0.0720 e. The van der Waals surface area contributed by atoms with E-state index in [1.54, 1.807) is 0 Å². The van der Waals surface area contributed by atoms with Crippen LogP contribution in [0.25, 0.3) is 109 Å². The number of fused-ring (bicyclic) bond motifs is 9. The molecular weight excluding hydrogens is 581 g/mol. The molecule has 0 bridgehead atoms. The van der Waals surface area contributed by atoms with E-state index >= 15 is 0 Å². The van der Waals surface area contributed by atoms with Crippen LogP contribution in [0.4, 0.5) is 0 Å². The van der Waals surface area contributed by atoms with Crippen LogP contribution in [0.15, 0.2) is 158 Å². The fourth-order valence-electron chi connectivity index (χ4n) is 8.26. The van der Waals surface area contributed by atoms with Crippen molar-refractivity contribution in [1.29, 1.82) is 0 Å². The molecular formula is C46H26N2. The molecule has 220 valence electrons. The summed E-state index contributed by atoms with van der Waals surface area (Å²) in [6.07, 6.45) is 4.03. The van der Waals surface area contributed by atoms with Crippen LogP contribution in [-0.4, -0.2) is 9.97 Å². The Kier molecular flexibility index (Phi) is 5.14. The molecule has 10 aromatic rings. The summed E-state index contributed by atoms with van der Waals surface area (Å²) >= 11 is 0. The second-order valence-electron chi connectivity index (χ2n) is 12.9. The van der Waals surface area contributed by atoms with E-state index in [2.05, 4.69) is 146 Å². The van der Waals surface area contributed by atoms with Gasteiger partial charge in [0.25, 0.3) is 0 Å². The molecule has 1 aliphatic rings. The van der Waals surface area contributed by atoms with Gasteiger partial charge in [-0.05, 0) is 106 Å². The Balaban J connectivity index is 1.33. The van der Waals surface area contributed by atoms with Gasteiger partial charge in [0.2, 0.25) is 0 Å². The Hall–Kier alpha value is -6.38. The van der Waals surface area contributed by atoms with Crippen LogP contribution in [0, 0.1) is 0 Å². The number of rotatable bonds is 2. The van der Waals surface area contributed by atoms with Gasteiger partial charge in [0.1, 0.15) is 0 Å². The molecule has 0 fully saturated rings. The molecule has 0 saturated heterocycles. The van der Waals surface area contributed by atoms with Crippen LogP contribution in [0.5, 0.6) is 0 Å². The molecule has 0 unspecified atom stereocenters. The molecule has 0 spiro atoms. The van der Waals surface area contributed by atoms with Gasteiger partial charge < -0.3 is 0 Å². The molecule has 0 aliphatic heterocycles. The van der Waals surface area contributed by atoms with Gasteiger partial charge in [-0.25, -0.2) is 0 Å². The lowest BCUT2D eigenvalue weighted by Gasteiger charge is -2.19. The van der Waals surface area contributed by atoms with E-state index in [1.165, 1.54) is 76.1 Å². The van der Waals surface area contributed by atoms with E-state index < -0.39 is 0 Å². The van der Waals surface area contributed by atoms with Gasteiger partial charge in [0.15, 0.2) is 0 Å². The molecule has 0 saturated carbocycles.